The van der Waals surface area contributed by atoms with Crippen LogP contribution >= 0.6 is 34.8 Å². The first-order chi connectivity index (χ1) is 6.00. The number of nitrogens with zero attached hydrogens (tertiary/aromatic N) is 1. The Bertz CT molecular complexity index is 158. The molecule has 78 valence electrons. The van der Waals surface area contributed by atoms with Crippen molar-refractivity contribution in [1.29, 1.82) is 0 Å². The van der Waals surface area contributed by atoms with Crippen LogP contribution in [0.1, 0.15) is 0 Å². The molecule has 1 unspecified atom stereocenters. The maximum Gasteiger partial charge on any atom is 0.242 e. The molecule has 13 heavy (non-hydrogen) atoms. The molecule has 1 fully saturated rings. The zero-order valence-corrected chi connectivity index (χ0v) is 9.02. The summed E-state index contributed by atoms with van der Waals surface area (Å²) in [6.45, 7) is 2.20. The summed E-state index contributed by atoms with van der Waals surface area (Å²) in [6.07, 6.45) is -1.45. The topological polar surface area (TPSA) is 41.9 Å². The molecule has 1 saturated heterocycles. The molecule has 7 heteroatoms. The lowest BCUT2D eigenvalue weighted by Crippen LogP contribution is -2.42. The Morgan fingerprint density at radius 1 is 1.31 bits per heavy atom. The van der Waals surface area contributed by atoms with Crippen LogP contribution in [0.25, 0.3) is 0 Å². The largest absolute Gasteiger partial charge is 0.379 e. The highest BCUT2D eigenvalue weighted by atomic mass is 35.6. The highest BCUT2D eigenvalue weighted by molar-refractivity contribution is 6.67. The molecule has 1 atom stereocenters. The zero-order valence-electron chi connectivity index (χ0n) is 6.75. The van der Waals surface area contributed by atoms with E-state index in [1.807, 2.05) is 0 Å². The second-order valence-electron chi connectivity index (χ2n) is 2.54. The number of halogens is 3. The van der Waals surface area contributed by atoms with Crippen molar-refractivity contribution in [1.82, 2.24) is 5.06 Å². The molecule has 0 aromatic heterocycles. The van der Waals surface area contributed by atoms with E-state index in [1.165, 1.54) is 5.06 Å². The molecular formula is C6H10Cl3NO3. The van der Waals surface area contributed by atoms with E-state index < -0.39 is 10.1 Å². The van der Waals surface area contributed by atoms with Gasteiger partial charge in [-0.05, 0) is 0 Å². The lowest BCUT2D eigenvalue weighted by Gasteiger charge is -2.30. The maximum absolute atomic E-state index is 9.24. The third kappa shape index (κ3) is 4.16. The molecule has 0 bridgehead atoms. The summed E-state index contributed by atoms with van der Waals surface area (Å²) in [5, 5.41) is 10.7. The van der Waals surface area contributed by atoms with Gasteiger partial charge in [0.05, 0.1) is 13.2 Å². The summed E-state index contributed by atoms with van der Waals surface area (Å²) in [4.78, 5) is 4.97. The van der Waals surface area contributed by atoms with Crippen LogP contribution < -0.4 is 0 Å². The van der Waals surface area contributed by atoms with E-state index >= 15 is 0 Å². The van der Waals surface area contributed by atoms with Gasteiger partial charge < -0.3 is 9.84 Å². The molecule has 0 aromatic rings. The summed E-state index contributed by atoms with van der Waals surface area (Å²) in [7, 11) is 0. The standard InChI is InChI=1S/C6H10Cl3NO3/c7-6(8,9)5(11)13-10-1-3-12-4-2-10/h5,11H,1-4H2. The minimum atomic E-state index is -1.82. The van der Waals surface area contributed by atoms with Crippen LogP contribution in [0.2, 0.25) is 0 Å². The zero-order chi connectivity index (χ0) is 9.90. The van der Waals surface area contributed by atoms with Crippen LogP contribution in [0.5, 0.6) is 0 Å². The number of alkyl halides is 3. The number of ether oxygens (including phenoxy) is 1. The Morgan fingerprint density at radius 3 is 2.31 bits per heavy atom. The van der Waals surface area contributed by atoms with E-state index in [4.69, 9.17) is 44.4 Å². The normalized spacial score (nSPS) is 23.1. The molecule has 1 rings (SSSR count). The van der Waals surface area contributed by atoms with Gasteiger partial charge in [-0.2, -0.15) is 5.06 Å². The first kappa shape index (κ1) is 11.8. The fourth-order valence-electron chi connectivity index (χ4n) is 0.853. The third-order valence-electron chi connectivity index (χ3n) is 1.50. The molecule has 0 spiro atoms. The van der Waals surface area contributed by atoms with E-state index in [0.717, 1.165) is 0 Å². The Morgan fingerprint density at radius 2 is 1.85 bits per heavy atom. The van der Waals surface area contributed by atoms with Crippen LogP contribution in [-0.2, 0) is 9.57 Å². The molecule has 0 aliphatic carbocycles. The van der Waals surface area contributed by atoms with Crippen molar-refractivity contribution in [3.8, 4) is 0 Å². The summed E-state index contributed by atoms with van der Waals surface area (Å²) in [5.74, 6) is 0. The summed E-state index contributed by atoms with van der Waals surface area (Å²) < 4.78 is 3.24. The summed E-state index contributed by atoms with van der Waals surface area (Å²) >= 11 is 16.2. The highest BCUT2D eigenvalue weighted by Crippen LogP contribution is 2.31. The SMILES string of the molecule is OC(ON1CCOCC1)C(Cl)(Cl)Cl. The van der Waals surface area contributed by atoms with Gasteiger partial charge in [0, 0.05) is 13.1 Å². The van der Waals surface area contributed by atoms with Gasteiger partial charge in [0.2, 0.25) is 10.1 Å². The minimum Gasteiger partial charge on any atom is -0.379 e. The van der Waals surface area contributed by atoms with Crippen molar-refractivity contribution in [2.45, 2.75) is 10.1 Å². The van der Waals surface area contributed by atoms with Crippen molar-refractivity contribution in [2.75, 3.05) is 26.3 Å². The van der Waals surface area contributed by atoms with Gasteiger partial charge in [0.25, 0.3) is 0 Å². The Kier molecular flexibility index (Phi) is 4.51. The van der Waals surface area contributed by atoms with Crippen LogP contribution in [-0.4, -0.2) is 46.6 Å². The number of aliphatic hydroxyl groups excluding tert-OH is 1. The van der Waals surface area contributed by atoms with Crippen LogP contribution in [0.3, 0.4) is 0 Å². The Hall–Kier alpha value is 0.710. The molecule has 1 aliphatic rings. The van der Waals surface area contributed by atoms with E-state index in [-0.39, 0.29) is 0 Å². The first-order valence-corrected chi connectivity index (χ1v) is 4.88. The smallest absolute Gasteiger partial charge is 0.242 e. The van der Waals surface area contributed by atoms with Crippen LogP contribution in [0, 0.1) is 0 Å². The van der Waals surface area contributed by atoms with Crippen molar-refractivity contribution < 1.29 is 14.7 Å². The van der Waals surface area contributed by atoms with Gasteiger partial charge in [-0.25, -0.2) is 0 Å². The number of aliphatic hydroxyl groups is 1. The molecule has 0 aromatic carbocycles. The van der Waals surface area contributed by atoms with E-state index in [0.29, 0.717) is 26.3 Å². The maximum atomic E-state index is 9.24. The minimum absolute atomic E-state index is 0.548. The lowest BCUT2D eigenvalue weighted by atomic mass is 10.5. The second-order valence-corrected chi connectivity index (χ2v) is 4.91. The van der Waals surface area contributed by atoms with Gasteiger partial charge >= 0.3 is 0 Å². The third-order valence-corrected chi connectivity index (χ3v) is 2.06. The number of hydrogen-bond acceptors (Lipinski definition) is 4. The van der Waals surface area contributed by atoms with E-state index in [9.17, 15) is 5.11 Å². The Balaban J connectivity index is 2.30. The van der Waals surface area contributed by atoms with Gasteiger partial charge in [-0.15, -0.1) is 0 Å². The van der Waals surface area contributed by atoms with E-state index in [1.54, 1.807) is 0 Å². The predicted octanol–water partition coefficient (Wildman–Crippen LogP) is 0.939. The summed E-state index contributed by atoms with van der Waals surface area (Å²) in [6, 6.07) is 0. The number of rotatable bonds is 2. The Labute approximate surface area is 91.2 Å². The fourth-order valence-corrected chi connectivity index (χ4v) is 0.972. The lowest BCUT2D eigenvalue weighted by molar-refractivity contribution is -0.278. The fraction of sp³-hybridized carbons (Fsp3) is 1.00. The average Bonchev–Trinajstić information content (AvgIpc) is 2.04. The van der Waals surface area contributed by atoms with Crippen molar-refractivity contribution in [3.05, 3.63) is 0 Å². The van der Waals surface area contributed by atoms with Gasteiger partial charge in [-0.3, -0.25) is 4.84 Å². The first-order valence-electron chi connectivity index (χ1n) is 3.74. The predicted molar refractivity (Wildman–Crippen MR) is 49.8 cm³/mol. The van der Waals surface area contributed by atoms with Gasteiger partial charge in [0.1, 0.15) is 0 Å². The molecule has 1 N–H and O–H groups in total. The molecule has 0 amide bonds. The quantitative estimate of drug-likeness (QED) is 0.585. The summed E-state index contributed by atoms with van der Waals surface area (Å²) in [5.41, 5.74) is 0. The van der Waals surface area contributed by atoms with Gasteiger partial charge in [0.15, 0.2) is 0 Å². The number of morpholine rings is 1. The second kappa shape index (κ2) is 4.98. The molecule has 0 radical (unpaired) electrons. The molecular weight excluding hydrogens is 240 g/mol. The molecule has 4 nitrogen and oxygen atoms in total. The molecule has 1 aliphatic heterocycles. The molecule has 1 heterocycles. The van der Waals surface area contributed by atoms with Crippen LogP contribution in [0.15, 0.2) is 0 Å². The molecule has 0 saturated carbocycles. The van der Waals surface area contributed by atoms with Gasteiger partial charge in [-0.1, -0.05) is 34.8 Å². The number of hydrogen-bond donors (Lipinski definition) is 1. The van der Waals surface area contributed by atoms with Crippen molar-refractivity contribution >= 4 is 34.8 Å². The average molecular weight is 251 g/mol. The van der Waals surface area contributed by atoms with E-state index in [2.05, 4.69) is 0 Å². The van der Waals surface area contributed by atoms with Crippen molar-refractivity contribution in [2.24, 2.45) is 0 Å². The van der Waals surface area contributed by atoms with Crippen molar-refractivity contribution in [3.63, 3.8) is 0 Å². The number of hydroxylamine groups is 2. The monoisotopic (exact) mass is 249 g/mol. The van der Waals surface area contributed by atoms with Crippen LogP contribution in [0.4, 0.5) is 0 Å². The highest BCUT2D eigenvalue weighted by Gasteiger charge is 2.34.